The summed E-state index contributed by atoms with van der Waals surface area (Å²) in [6.07, 6.45) is 6.82. The van der Waals surface area contributed by atoms with Gasteiger partial charge in [0.2, 0.25) is 0 Å². The maximum atomic E-state index is 13.0. The summed E-state index contributed by atoms with van der Waals surface area (Å²) in [4.78, 5) is 8.64. The molecule has 4 heterocycles. The number of rotatable bonds is 5. The van der Waals surface area contributed by atoms with Crippen LogP contribution in [0.15, 0.2) is 71.6 Å². The van der Waals surface area contributed by atoms with Crippen molar-refractivity contribution in [1.82, 2.24) is 24.6 Å². The molecule has 8 nitrogen and oxygen atoms in total. The third-order valence-corrected chi connectivity index (χ3v) is 6.99. The predicted molar refractivity (Wildman–Crippen MR) is 116 cm³/mol. The number of pyridine rings is 1. The first-order valence-corrected chi connectivity index (χ1v) is 11.5. The van der Waals surface area contributed by atoms with Gasteiger partial charge in [0.1, 0.15) is 0 Å². The van der Waals surface area contributed by atoms with Crippen LogP contribution in [-0.4, -0.2) is 33.0 Å². The number of hydrogen-bond donors (Lipinski definition) is 2. The maximum Gasteiger partial charge on any atom is 0.281 e. The lowest BCUT2D eigenvalue weighted by molar-refractivity contribution is 0.597. The smallest absolute Gasteiger partial charge is 0.281 e. The van der Waals surface area contributed by atoms with Crippen molar-refractivity contribution in [1.29, 1.82) is 0 Å². The first-order valence-electron chi connectivity index (χ1n) is 8.71. The second-order valence-corrected chi connectivity index (χ2v) is 9.16. The van der Waals surface area contributed by atoms with Gasteiger partial charge in [0.05, 0.1) is 5.69 Å². The summed E-state index contributed by atoms with van der Waals surface area (Å²) in [6, 6.07) is 10.8. The van der Waals surface area contributed by atoms with Crippen LogP contribution in [0, 0.1) is 0 Å². The van der Waals surface area contributed by atoms with Crippen LogP contribution in [0.3, 0.4) is 0 Å². The number of aromatic amines is 1. The van der Waals surface area contributed by atoms with Gasteiger partial charge in [0.25, 0.3) is 10.0 Å². The molecule has 4 aromatic heterocycles. The molecule has 0 aliphatic heterocycles. The molecule has 0 aliphatic carbocycles. The van der Waals surface area contributed by atoms with Gasteiger partial charge in [-0.1, -0.05) is 23.7 Å². The lowest BCUT2D eigenvalue weighted by Gasteiger charge is -2.09. The molecular formula is C19H13ClN6O2S2. The van der Waals surface area contributed by atoms with Gasteiger partial charge in [-0.05, 0) is 29.8 Å². The summed E-state index contributed by atoms with van der Waals surface area (Å²) in [7, 11) is -3.96. The van der Waals surface area contributed by atoms with E-state index in [9.17, 15) is 8.42 Å². The maximum absolute atomic E-state index is 13.0. The van der Waals surface area contributed by atoms with Crippen molar-refractivity contribution in [3.63, 3.8) is 0 Å². The van der Waals surface area contributed by atoms with Crippen molar-refractivity contribution < 1.29 is 8.42 Å². The highest BCUT2D eigenvalue weighted by Gasteiger charge is 2.25. The quantitative estimate of drug-likeness (QED) is 0.410. The number of nitrogens with zero attached hydrogens (tertiary/aromatic N) is 4. The largest absolute Gasteiger partial charge is 0.284 e. The third-order valence-electron chi connectivity index (χ3n) is 4.45. The van der Waals surface area contributed by atoms with Gasteiger partial charge < -0.3 is 0 Å². The molecule has 0 fully saturated rings. The molecule has 150 valence electrons. The first kappa shape index (κ1) is 18.8. The Morgan fingerprint density at radius 1 is 1.13 bits per heavy atom. The standard InChI is InChI=1S/C19H13ClN6O2S2/c20-17-18(26-8-9-29-19(26)23-17)30(27,28)25-14-3-1-2-13(10-14)16-15(11-22-24-16)12-4-6-21-7-5-12/h1-11,25H,(H,22,24). The Balaban J connectivity index is 1.52. The number of thiazole rings is 1. The lowest BCUT2D eigenvalue weighted by Crippen LogP contribution is -2.15. The Hall–Kier alpha value is -3.21. The zero-order chi connectivity index (χ0) is 20.7. The van der Waals surface area contributed by atoms with Gasteiger partial charge in [-0.15, -0.1) is 11.3 Å². The molecule has 0 aliphatic rings. The molecule has 0 saturated carbocycles. The van der Waals surface area contributed by atoms with Crippen LogP contribution < -0.4 is 4.72 Å². The predicted octanol–water partition coefficient (Wildman–Crippen LogP) is 4.30. The Morgan fingerprint density at radius 2 is 1.97 bits per heavy atom. The average Bonchev–Trinajstić information content (AvgIpc) is 3.44. The van der Waals surface area contributed by atoms with Crippen LogP contribution in [-0.2, 0) is 10.0 Å². The van der Waals surface area contributed by atoms with Gasteiger partial charge in [0.15, 0.2) is 15.1 Å². The summed E-state index contributed by atoms with van der Waals surface area (Å²) in [5, 5.41) is 8.80. The summed E-state index contributed by atoms with van der Waals surface area (Å²) in [5.74, 6) is 0. The fourth-order valence-corrected chi connectivity index (χ4v) is 5.68. The van der Waals surface area contributed by atoms with Crippen LogP contribution in [0.4, 0.5) is 5.69 Å². The van der Waals surface area contributed by atoms with Gasteiger partial charge in [-0.3, -0.25) is 19.2 Å². The van der Waals surface area contributed by atoms with Crippen molar-refractivity contribution in [2.24, 2.45) is 0 Å². The number of fused-ring (bicyclic) bond motifs is 1. The second-order valence-electron chi connectivity index (χ2n) is 6.33. The van der Waals surface area contributed by atoms with E-state index in [-0.39, 0.29) is 10.2 Å². The summed E-state index contributed by atoms with van der Waals surface area (Å²) in [5.41, 5.74) is 3.67. The molecule has 1 aromatic carbocycles. The molecule has 0 unspecified atom stereocenters. The van der Waals surface area contributed by atoms with Gasteiger partial charge in [0, 0.05) is 47.0 Å². The number of H-pyrrole nitrogens is 1. The monoisotopic (exact) mass is 456 g/mol. The highest BCUT2D eigenvalue weighted by Crippen LogP contribution is 2.32. The van der Waals surface area contributed by atoms with Crippen molar-refractivity contribution in [3.8, 4) is 22.4 Å². The number of imidazole rings is 1. The Morgan fingerprint density at radius 3 is 2.80 bits per heavy atom. The SMILES string of the molecule is O=S(=O)(Nc1cccc(-c2n[nH]cc2-c2ccncc2)c1)c1c(Cl)nc2sccn12. The number of halogens is 1. The number of benzene rings is 1. The summed E-state index contributed by atoms with van der Waals surface area (Å²) >= 11 is 7.40. The fraction of sp³-hybridized carbons (Fsp3) is 0. The van der Waals surface area contributed by atoms with Gasteiger partial charge in [-0.2, -0.15) is 13.5 Å². The van der Waals surface area contributed by atoms with Crippen LogP contribution >= 0.6 is 22.9 Å². The van der Waals surface area contributed by atoms with E-state index in [1.165, 1.54) is 15.7 Å². The third kappa shape index (κ3) is 3.24. The zero-order valence-corrected chi connectivity index (χ0v) is 17.5. The number of nitrogens with one attached hydrogen (secondary N) is 2. The Kier molecular flexibility index (Phi) is 4.54. The molecule has 0 saturated heterocycles. The van der Waals surface area contributed by atoms with E-state index in [0.717, 1.165) is 16.7 Å². The van der Waals surface area contributed by atoms with Crippen LogP contribution in [0.2, 0.25) is 5.15 Å². The molecule has 30 heavy (non-hydrogen) atoms. The fourth-order valence-electron chi connectivity index (χ4n) is 3.17. The molecule has 0 atom stereocenters. The van der Waals surface area contributed by atoms with E-state index in [2.05, 4.69) is 24.9 Å². The second kappa shape index (κ2) is 7.24. The van der Waals surface area contributed by atoms with E-state index in [4.69, 9.17) is 11.6 Å². The molecule has 0 radical (unpaired) electrons. The average molecular weight is 457 g/mol. The molecule has 5 rings (SSSR count). The van der Waals surface area contributed by atoms with Crippen molar-refractivity contribution in [3.05, 3.63) is 71.7 Å². The van der Waals surface area contributed by atoms with E-state index >= 15 is 0 Å². The van der Waals surface area contributed by atoms with Gasteiger partial charge >= 0.3 is 0 Å². The normalized spacial score (nSPS) is 11.8. The number of aromatic nitrogens is 5. The van der Waals surface area contributed by atoms with E-state index in [0.29, 0.717) is 16.3 Å². The summed E-state index contributed by atoms with van der Waals surface area (Å²) in [6.45, 7) is 0. The molecule has 0 bridgehead atoms. The minimum Gasteiger partial charge on any atom is -0.284 e. The molecule has 0 amide bonds. The van der Waals surface area contributed by atoms with Crippen molar-refractivity contribution >= 4 is 43.6 Å². The van der Waals surface area contributed by atoms with E-state index < -0.39 is 10.0 Å². The zero-order valence-electron chi connectivity index (χ0n) is 15.2. The topological polar surface area (TPSA) is 105 Å². The van der Waals surface area contributed by atoms with E-state index in [1.54, 1.807) is 48.4 Å². The van der Waals surface area contributed by atoms with Crippen LogP contribution in [0.25, 0.3) is 27.3 Å². The Bertz CT molecular complexity index is 1460. The number of sulfonamides is 1. The minimum atomic E-state index is -3.96. The highest BCUT2D eigenvalue weighted by molar-refractivity contribution is 7.92. The van der Waals surface area contributed by atoms with Crippen molar-refractivity contribution in [2.45, 2.75) is 5.03 Å². The molecule has 0 spiro atoms. The lowest BCUT2D eigenvalue weighted by atomic mass is 10.0. The van der Waals surface area contributed by atoms with Gasteiger partial charge in [-0.25, -0.2) is 4.98 Å². The summed E-state index contributed by atoms with van der Waals surface area (Å²) < 4.78 is 30.0. The Labute approximate surface area is 180 Å². The van der Waals surface area contributed by atoms with Crippen LogP contribution in [0.5, 0.6) is 0 Å². The van der Waals surface area contributed by atoms with Crippen LogP contribution in [0.1, 0.15) is 0 Å². The number of hydrogen-bond acceptors (Lipinski definition) is 6. The molecule has 11 heteroatoms. The highest BCUT2D eigenvalue weighted by atomic mass is 35.5. The molecular weight excluding hydrogens is 444 g/mol. The molecule has 2 N–H and O–H groups in total. The first-order chi connectivity index (χ1) is 14.5. The number of anilines is 1. The van der Waals surface area contributed by atoms with E-state index in [1.807, 2.05) is 18.2 Å². The van der Waals surface area contributed by atoms with Crippen molar-refractivity contribution in [2.75, 3.05) is 4.72 Å². The minimum absolute atomic E-state index is 0.0715. The molecule has 5 aromatic rings.